The number of aliphatic carboxylic acids is 1. The molecule has 0 saturated carbocycles. The Morgan fingerprint density at radius 3 is 2.42 bits per heavy atom. The van der Waals surface area contributed by atoms with Crippen molar-refractivity contribution in [1.82, 2.24) is 0 Å². The van der Waals surface area contributed by atoms with E-state index in [0.717, 1.165) is 25.7 Å². The van der Waals surface area contributed by atoms with E-state index < -0.39 is 5.97 Å². The van der Waals surface area contributed by atoms with Crippen LogP contribution in [-0.4, -0.2) is 22.8 Å². The van der Waals surface area contributed by atoms with Crippen LogP contribution in [0.3, 0.4) is 0 Å². The highest BCUT2D eigenvalue weighted by Gasteiger charge is 2.03. The molecule has 2 N–H and O–H groups in total. The summed E-state index contributed by atoms with van der Waals surface area (Å²) in [6.07, 6.45) is 3.79. The van der Waals surface area contributed by atoms with Gasteiger partial charge < -0.3 is 10.2 Å². The lowest BCUT2D eigenvalue weighted by atomic mass is 9.99. The van der Waals surface area contributed by atoms with Crippen molar-refractivity contribution >= 4 is 5.97 Å². The average Bonchev–Trinajstić information content (AvgIpc) is 2.00. The van der Waals surface area contributed by atoms with E-state index in [0.29, 0.717) is 5.92 Å². The zero-order valence-corrected chi connectivity index (χ0v) is 7.62. The Hall–Kier alpha value is -0.570. The van der Waals surface area contributed by atoms with Crippen LogP contribution in [0.5, 0.6) is 0 Å². The molecule has 72 valence electrons. The van der Waals surface area contributed by atoms with Crippen molar-refractivity contribution in [2.45, 2.75) is 39.0 Å². The zero-order chi connectivity index (χ0) is 9.40. The van der Waals surface area contributed by atoms with Crippen molar-refractivity contribution < 1.29 is 15.0 Å². The minimum atomic E-state index is -0.718. The molecule has 0 aromatic rings. The number of carbonyl (C=O) groups is 1. The maximum atomic E-state index is 10.2. The number of carboxylic acids is 1. The summed E-state index contributed by atoms with van der Waals surface area (Å²) < 4.78 is 0. The van der Waals surface area contributed by atoms with Gasteiger partial charge in [-0.2, -0.15) is 0 Å². The first-order valence-corrected chi connectivity index (χ1v) is 4.49. The third-order valence-electron chi connectivity index (χ3n) is 1.94. The lowest BCUT2D eigenvalue weighted by Gasteiger charge is -2.08. The molecule has 1 atom stereocenters. The average molecular weight is 174 g/mol. The quantitative estimate of drug-likeness (QED) is 0.617. The molecule has 3 nitrogen and oxygen atoms in total. The Balaban J connectivity index is 3.19. The Kier molecular flexibility index (Phi) is 6.76. The molecule has 1 unspecified atom stereocenters. The van der Waals surface area contributed by atoms with E-state index in [2.05, 4.69) is 6.92 Å². The third kappa shape index (κ3) is 7.54. The molecular formula is C9H18O3. The van der Waals surface area contributed by atoms with Gasteiger partial charge in [-0.3, -0.25) is 4.79 Å². The van der Waals surface area contributed by atoms with Gasteiger partial charge in [-0.25, -0.2) is 0 Å². The summed E-state index contributed by atoms with van der Waals surface area (Å²) in [5.41, 5.74) is 0. The molecule has 0 saturated heterocycles. The first kappa shape index (κ1) is 11.4. The van der Waals surface area contributed by atoms with Gasteiger partial charge in [-0.05, 0) is 25.2 Å². The van der Waals surface area contributed by atoms with E-state index in [-0.39, 0.29) is 13.0 Å². The van der Waals surface area contributed by atoms with Gasteiger partial charge in [0.1, 0.15) is 0 Å². The summed E-state index contributed by atoms with van der Waals surface area (Å²) in [6.45, 7) is 2.33. The molecule has 3 heteroatoms. The van der Waals surface area contributed by atoms with Crippen LogP contribution in [0.2, 0.25) is 0 Å². The SMILES string of the molecule is CC(CCCO)CCCC(=O)O. The zero-order valence-electron chi connectivity index (χ0n) is 7.62. The first-order valence-electron chi connectivity index (χ1n) is 4.49. The number of hydrogen-bond donors (Lipinski definition) is 2. The molecule has 0 fully saturated rings. The van der Waals surface area contributed by atoms with Crippen LogP contribution in [0, 0.1) is 5.92 Å². The van der Waals surface area contributed by atoms with Crippen LogP contribution in [0.1, 0.15) is 39.0 Å². The van der Waals surface area contributed by atoms with E-state index in [1.165, 1.54) is 0 Å². The highest BCUT2D eigenvalue weighted by molar-refractivity contribution is 5.66. The molecular weight excluding hydrogens is 156 g/mol. The number of aliphatic hydroxyl groups is 1. The second-order valence-corrected chi connectivity index (χ2v) is 3.26. The summed E-state index contributed by atoms with van der Waals surface area (Å²) in [6, 6.07) is 0. The minimum absolute atomic E-state index is 0.239. The molecule has 0 aliphatic heterocycles. The molecule has 0 radical (unpaired) electrons. The monoisotopic (exact) mass is 174 g/mol. The Morgan fingerprint density at radius 2 is 1.92 bits per heavy atom. The molecule has 0 aliphatic carbocycles. The molecule has 0 spiro atoms. The topological polar surface area (TPSA) is 57.5 Å². The molecule has 0 rings (SSSR count). The fraction of sp³-hybridized carbons (Fsp3) is 0.889. The maximum absolute atomic E-state index is 10.2. The summed E-state index contributed by atoms with van der Waals surface area (Å²) >= 11 is 0. The summed E-state index contributed by atoms with van der Waals surface area (Å²) in [7, 11) is 0. The molecule has 0 aliphatic rings. The summed E-state index contributed by atoms with van der Waals surface area (Å²) in [5.74, 6) is -0.180. The standard InChI is InChI=1S/C9H18O3/c1-8(5-3-7-10)4-2-6-9(11)12/h8,10H,2-7H2,1H3,(H,11,12). The number of rotatable bonds is 7. The van der Waals surface area contributed by atoms with Gasteiger partial charge in [0, 0.05) is 13.0 Å². The van der Waals surface area contributed by atoms with Crippen LogP contribution >= 0.6 is 0 Å². The van der Waals surface area contributed by atoms with E-state index in [9.17, 15) is 4.79 Å². The maximum Gasteiger partial charge on any atom is 0.303 e. The van der Waals surface area contributed by atoms with Gasteiger partial charge in [0.2, 0.25) is 0 Å². The lowest BCUT2D eigenvalue weighted by Crippen LogP contribution is -1.99. The van der Waals surface area contributed by atoms with Crippen LogP contribution in [0.25, 0.3) is 0 Å². The van der Waals surface area contributed by atoms with Crippen molar-refractivity contribution in [2.75, 3.05) is 6.61 Å². The van der Waals surface area contributed by atoms with Gasteiger partial charge in [-0.15, -0.1) is 0 Å². The van der Waals surface area contributed by atoms with Crippen LogP contribution < -0.4 is 0 Å². The normalized spacial score (nSPS) is 12.8. The molecule has 0 heterocycles. The number of hydrogen-bond acceptors (Lipinski definition) is 2. The highest BCUT2D eigenvalue weighted by atomic mass is 16.4. The van der Waals surface area contributed by atoms with E-state index >= 15 is 0 Å². The largest absolute Gasteiger partial charge is 0.481 e. The fourth-order valence-electron chi connectivity index (χ4n) is 1.19. The predicted molar refractivity (Wildman–Crippen MR) is 47.0 cm³/mol. The van der Waals surface area contributed by atoms with Crippen molar-refractivity contribution in [2.24, 2.45) is 5.92 Å². The van der Waals surface area contributed by atoms with Gasteiger partial charge in [0.05, 0.1) is 0 Å². The molecule has 12 heavy (non-hydrogen) atoms. The van der Waals surface area contributed by atoms with Gasteiger partial charge >= 0.3 is 5.97 Å². The van der Waals surface area contributed by atoms with Crippen LogP contribution in [-0.2, 0) is 4.79 Å². The van der Waals surface area contributed by atoms with Crippen molar-refractivity contribution in [3.8, 4) is 0 Å². The Morgan fingerprint density at radius 1 is 1.33 bits per heavy atom. The molecule has 0 aromatic carbocycles. The predicted octanol–water partition coefficient (Wildman–Crippen LogP) is 1.65. The van der Waals surface area contributed by atoms with Gasteiger partial charge in [0.15, 0.2) is 0 Å². The number of aliphatic hydroxyl groups excluding tert-OH is 1. The lowest BCUT2D eigenvalue weighted by molar-refractivity contribution is -0.137. The Bertz CT molecular complexity index is 123. The summed E-state index contributed by atoms with van der Waals surface area (Å²) in [4.78, 5) is 10.2. The van der Waals surface area contributed by atoms with Crippen molar-refractivity contribution in [3.63, 3.8) is 0 Å². The van der Waals surface area contributed by atoms with Crippen LogP contribution in [0.4, 0.5) is 0 Å². The minimum Gasteiger partial charge on any atom is -0.481 e. The second-order valence-electron chi connectivity index (χ2n) is 3.26. The first-order chi connectivity index (χ1) is 5.66. The molecule has 0 amide bonds. The second kappa shape index (κ2) is 7.10. The highest BCUT2D eigenvalue weighted by Crippen LogP contribution is 2.13. The van der Waals surface area contributed by atoms with E-state index in [1.807, 2.05) is 0 Å². The molecule has 0 aromatic heterocycles. The Labute approximate surface area is 73.4 Å². The summed E-state index contributed by atoms with van der Waals surface area (Å²) in [5, 5.41) is 16.9. The fourth-order valence-corrected chi connectivity index (χ4v) is 1.19. The van der Waals surface area contributed by atoms with Gasteiger partial charge in [-0.1, -0.05) is 13.3 Å². The van der Waals surface area contributed by atoms with Crippen molar-refractivity contribution in [1.29, 1.82) is 0 Å². The van der Waals surface area contributed by atoms with Gasteiger partial charge in [0.25, 0.3) is 0 Å². The smallest absolute Gasteiger partial charge is 0.303 e. The van der Waals surface area contributed by atoms with Crippen LogP contribution in [0.15, 0.2) is 0 Å². The van der Waals surface area contributed by atoms with Crippen molar-refractivity contribution in [3.05, 3.63) is 0 Å². The van der Waals surface area contributed by atoms with E-state index in [1.54, 1.807) is 0 Å². The third-order valence-corrected chi connectivity index (χ3v) is 1.94. The molecule has 0 bridgehead atoms. The van der Waals surface area contributed by atoms with E-state index in [4.69, 9.17) is 10.2 Å². The number of carboxylic acid groups (broad SMARTS) is 1.